The van der Waals surface area contributed by atoms with E-state index in [2.05, 4.69) is 53.0 Å². The van der Waals surface area contributed by atoms with E-state index in [1.54, 1.807) is 0 Å². The van der Waals surface area contributed by atoms with Crippen molar-refractivity contribution in [2.24, 2.45) is 7.05 Å². The summed E-state index contributed by atoms with van der Waals surface area (Å²) in [5.41, 5.74) is 2.20. The minimum Gasteiger partial charge on any atom is -0.350 e. The van der Waals surface area contributed by atoms with E-state index in [1.807, 2.05) is 20.9 Å². The van der Waals surface area contributed by atoms with E-state index >= 15 is 0 Å². The average molecular weight is 255 g/mol. The van der Waals surface area contributed by atoms with Gasteiger partial charge in [-0.05, 0) is 38.9 Å². The Labute approximate surface area is 115 Å². The summed E-state index contributed by atoms with van der Waals surface area (Å²) in [5.74, 6) is 0. The molecule has 0 amide bonds. The van der Waals surface area contributed by atoms with Gasteiger partial charge in [-0.25, -0.2) is 0 Å². The quantitative estimate of drug-likeness (QED) is 0.841. The first kappa shape index (κ1) is 13.6. The lowest BCUT2D eigenvalue weighted by molar-refractivity contribution is 0.214. The molecule has 1 aromatic heterocycles. The molecular formula is C16H21N3. The Morgan fingerprint density at radius 3 is 2.68 bits per heavy atom. The molecule has 100 valence electrons. The zero-order chi connectivity index (χ0) is 14.0. The molecule has 0 saturated carbocycles. The number of para-hydroxylation sites is 1. The zero-order valence-electron chi connectivity index (χ0n) is 12.1. The largest absolute Gasteiger partial charge is 0.350 e. The van der Waals surface area contributed by atoms with Crippen molar-refractivity contribution < 1.29 is 0 Å². The maximum absolute atomic E-state index is 9.14. The summed E-state index contributed by atoms with van der Waals surface area (Å²) in [7, 11) is 4.09. The molecule has 2 rings (SSSR count). The number of hydrogen-bond donors (Lipinski definition) is 0. The number of fused-ring (bicyclic) bond motifs is 1. The Morgan fingerprint density at radius 2 is 2.00 bits per heavy atom. The van der Waals surface area contributed by atoms with Gasteiger partial charge in [0, 0.05) is 30.7 Å². The van der Waals surface area contributed by atoms with Crippen molar-refractivity contribution in [2.45, 2.75) is 25.8 Å². The average Bonchev–Trinajstić information content (AvgIpc) is 2.73. The van der Waals surface area contributed by atoms with Gasteiger partial charge in [-0.1, -0.05) is 18.2 Å². The van der Waals surface area contributed by atoms with Crippen LogP contribution in [0.1, 0.15) is 19.4 Å². The van der Waals surface area contributed by atoms with E-state index in [9.17, 15) is 0 Å². The van der Waals surface area contributed by atoms with Gasteiger partial charge in [0.05, 0.1) is 6.07 Å². The van der Waals surface area contributed by atoms with Crippen molar-refractivity contribution in [2.75, 3.05) is 13.6 Å². The first-order valence-corrected chi connectivity index (χ1v) is 6.61. The number of benzene rings is 1. The monoisotopic (exact) mass is 255 g/mol. The number of hydrogen-bond acceptors (Lipinski definition) is 2. The van der Waals surface area contributed by atoms with Gasteiger partial charge < -0.3 is 4.57 Å². The summed E-state index contributed by atoms with van der Waals surface area (Å²) >= 11 is 0. The summed E-state index contributed by atoms with van der Waals surface area (Å²) in [4.78, 5) is 2.11. The summed E-state index contributed by atoms with van der Waals surface area (Å²) in [5, 5.41) is 10.5. The molecule has 2 aromatic rings. The Balaban J connectivity index is 2.17. The molecule has 0 unspecified atom stereocenters. The number of rotatable bonds is 4. The summed E-state index contributed by atoms with van der Waals surface area (Å²) in [6.07, 6.45) is 3.15. The van der Waals surface area contributed by atoms with Gasteiger partial charge >= 0.3 is 0 Å². The Bertz CT molecular complexity index is 616. The van der Waals surface area contributed by atoms with Gasteiger partial charge in [-0.15, -0.1) is 0 Å². The topological polar surface area (TPSA) is 32.0 Å². The maximum atomic E-state index is 9.14. The molecule has 1 heterocycles. The minimum atomic E-state index is -0.412. The van der Waals surface area contributed by atoms with Crippen LogP contribution in [-0.2, 0) is 13.5 Å². The number of nitrogens with zero attached hydrogens (tertiary/aromatic N) is 3. The second kappa shape index (κ2) is 5.07. The lowest BCUT2D eigenvalue weighted by atomic mass is 10.0. The number of aryl methyl sites for hydroxylation is 1. The molecule has 0 aliphatic heterocycles. The van der Waals surface area contributed by atoms with Crippen LogP contribution in [0.15, 0.2) is 30.5 Å². The lowest BCUT2D eigenvalue weighted by Gasteiger charge is -2.28. The molecule has 0 aliphatic rings. The molecule has 3 nitrogen and oxygen atoms in total. The van der Waals surface area contributed by atoms with Crippen molar-refractivity contribution in [3.8, 4) is 6.07 Å². The first-order valence-electron chi connectivity index (χ1n) is 6.61. The van der Waals surface area contributed by atoms with Crippen LogP contribution < -0.4 is 0 Å². The molecule has 0 fully saturated rings. The molecule has 0 aliphatic carbocycles. The molecule has 3 heteroatoms. The van der Waals surface area contributed by atoms with Crippen LogP contribution in [0.25, 0.3) is 10.9 Å². The maximum Gasteiger partial charge on any atom is 0.103 e. The van der Waals surface area contributed by atoms with Crippen LogP contribution in [0.3, 0.4) is 0 Å². The van der Waals surface area contributed by atoms with E-state index in [1.165, 1.54) is 16.5 Å². The van der Waals surface area contributed by atoms with Crippen LogP contribution in [0, 0.1) is 11.3 Å². The van der Waals surface area contributed by atoms with Gasteiger partial charge in [0.2, 0.25) is 0 Å². The summed E-state index contributed by atoms with van der Waals surface area (Å²) in [6.45, 7) is 4.79. The highest BCUT2D eigenvalue weighted by Crippen LogP contribution is 2.21. The Hall–Kier alpha value is -1.79. The first-order chi connectivity index (χ1) is 8.95. The van der Waals surface area contributed by atoms with Crippen molar-refractivity contribution in [1.29, 1.82) is 5.26 Å². The smallest absolute Gasteiger partial charge is 0.103 e. The van der Waals surface area contributed by atoms with Gasteiger partial charge in [-0.3, -0.25) is 4.90 Å². The summed E-state index contributed by atoms with van der Waals surface area (Å²) in [6, 6.07) is 10.8. The van der Waals surface area contributed by atoms with E-state index in [0.29, 0.717) is 0 Å². The second-order valence-electron chi connectivity index (χ2n) is 5.62. The second-order valence-corrected chi connectivity index (χ2v) is 5.62. The molecule has 0 bridgehead atoms. The Kier molecular flexibility index (Phi) is 3.64. The van der Waals surface area contributed by atoms with Gasteiger partial charge in [0.1, 0.15) is 5.54 Å². The number of aromatic nitrogens is 1. The Morgan fingerprint density at radius 1 is 1.32 bits per heavy atom. The molecule has 0 atom stereocenters. The molecule has 0 N–H and O–H groups in total. The number of nitriles is 1. The SMILES string of the molecule is CN(CCc1cn(C)c2ccccc12)C(C)(C)C#N. The number of likely N-dealkylation sites (N-methyl/N-ethyl adjacent to an activating group) is 1. The molecular weight excluding hydrogens is 234 g/mol. The van der Waals surface area contributed by atoms with Crippen molar-refractivity contribution in [3.05, 3.63) is 36.0 Å². The van der Waals surface area contributed by atoms with Crippen molar-refractivity contribution in [3.63, 3.8) is 0 Å². The predicted octanol–water partition coefficient (Wildman–Crippen LogP) is 2.95. The minimum absolute atomic E-state index is 0.412. The fraction of sp³-hybridized carbons (Fsp3) is 0.438. The third-order valence-electron chi connectivity index (χ3n) is 3.92. The predicted molar refractivity (Wildman–Crippen MR) is 78.9 cm³/mol. The lowest BCUT2D eigenvalue weighted by Crippen LogP contribution is -2.40. The fourth-order valence-electron chi connectivity index (χ4n) is 2.28. The van der Waals surface area contributed by atoms with Crippen LogP contribution >= 0.6 is 0 Å². The van der Waals surface area contributed by atoms with Crippen LogP contribution in [0.5, 0.6) is 0 Å². The van der Waals surface area contributed by atoms with Crippen LogP contribution in [-0.4, -0.2) is 28.6 Å². The molecule has 0 radical (unpaired) electrons. The molecule has 1 aromatic carbocycles. The van der Waals surface area contributed by atoms with Crippen LogP contribution in [0.4, 0.5) is 0 Å². The zero-order valence-corrected chi connectivity index (χ0v) is 12.1. The fourth-order valence-corrected chi connectivity index (χ4v) is 2.28. The van der Waals surface area contributed by atoms with E-state index in [0.717, 1.165) is 13.0 Å². The van der Waals surface area contributed by atoms with Gasteiger partial charge in [0.25, 0.3) is 0 Å². The van der Waals surface area contributed by atoms with Gasteiger partial charge in [0.15, 0.2) is 0 Å². The van der Waals surface area contributed by atoms with E-state index in [-0.39, 0.29) is 0 Å². The highest BCUT2D eigenvalue weighted by atomic mass is 15.2. The normalized spacial score (nSPS) is 12.0. The van der Waals surface area contributed by atoms with Gasteiger partial charge in [-0.2, -0.15) is 5.26 Å². The highest BCUT2D eigenvalue weighted by molar-refractivity contribution is 5.83. The van der Waals surface area contributed by atoms with Crippen LogP contribution in [0.2, 0.25) is 0 Å². The third-order valence-corrected chi connectivity index (χ3v) is 3.92. The third kappa shape index (κ3) is 2.64. The summed E-state index contributed by atoms with van der Waals surface area (Å²) < 4.78 is 2.17. The molecule has 0 saturated heterocycles. The van der Waals surface area contributed by atoms with Crippen molar-refractivity contribution in [1.82, 2.24) is 9.47 Å². The molecule has 0 spiro atoms. The molecule has 19 heavy (non-hydrogen) atoms. The van der Waals surface area contributed by atoms with Crippen molar-refractivity contribution >= 4 is 10.9 Å². The standard InChI is InChI=1S/C16H21N3/c1-16(2,12-17)19(4)10-9-13-11-18(3)15-8-6-5-7-14(13)15/h5-8,11H,9-10H2,1-4H3. The highest BCUT2D eigenvalue weighted by Gasteiger charge is 2.22. The van der Waals surface area contributed by atoms with E-state index in [4.69, 9.17) is 5.26 Å². The van der Waals surface area contributed by atoms with E-state index < -0.39 is 5.54 Å².